The molecule has 0 radical (unpaired) electrons. The van der Waals surface area contributed by atoms with Gasteiger partial charge >= 0.3 is 6.03 Å². The van der Waals surface area contributed by atoms with Gasteiger partial charge < -0.3 is 4.90 Å². The van der Waals surface area contributed by atoms with Gasteiger partial charge in [-0.25, -0.2) is 9.18 Å². The van der Waals surface area contributed by atoms with Crippen LogP contribution in [0.15, 0.2) is 36.4 Å². The molecule has 2 unspecified atom stereocenters. The van der Waals surface area contributed by atoms with E-state index in [0.29, 0.717) is 0 Å². The van der Waals surface area contributed by atoms with Crippen LogP contribution in [-0.4, -0.2) is 47.5 Å². The number of likely N-dealkylation sites (N-methyl/N-ethyl adjacent to an activating group) is 1. The smallest absolute Gasteiger partial charge is 0.320 e. The van der Waals surface area contributed by atoms with Gasteiger partial charge in [0.15, 0.2) is 0 Å². The van der Waals surface area contributed by atoms with E-state index < -0.39 is 29.6 Å². The van der Waals surface area contributed by atoms with E-state index in [-0.39, 0.29) is 5.92 Å². The Morgan fingerprint density at radius 1 is 1.10 bits per heavy atom. The summed E-state index contributed by atoms with van der Waals surface area (Å²) < 4.78 is 15.8. The molecule has 1 aromatic rings. The first-order chi connectivity index (χ1) is 9.98. The molecule has 2 bridgehead atoms. The number of allylic oxidation sites excluding steroid dienone is 1. The van der Waals surface area contributed by atoms with Crippen LogP contribution in [0.3, 0.4) is 0 Å². The fourth-order valence-corrected chi connectivity index (χ4v) is 4.10. The second-order valence-electron chi connectivity index (χ2n) is 5.99. The zero-order chi connectivity index (χ0) is 14.9. The van der Waals surface area contributed by atoms with Crippen molar-refractivity contribution >= 4 is 11.9 Å². The van der Waals surface area contributed by atoms with E-state index in [9.17, 15) is 9.59 Å². The maximum Gasteiger partial charge on any atom is 0.326 e. The summed E-state index contributed by atoms with van der Waals surface area (Å²) in [6, 6.07) is 6.38. The molecule has 3 aliphatic carbocycles. The molecule has 0 aromatic heterocycles. The minimum Gasteiger partial charge on any atom is -0.320 e. The minimum absolute atomic E-state index is 0.275. The number of amides is 3. The molecule has 21 heavy (non-hydrogen) atoms. The van der Waals surface area contributed by atoms with Crippen molar-refractivity contribution in [3.8, 4) is 0 Å². The summed E-state index contributed by atoms with van der Waals surface area (Å²) in [6.45, 7) is 0. The van der Waals surface area contributed by atoms with Crippen molar-refractivity contribution in [2.75, 3.05) is 14.1 Å². The van der Waals surface area contributed by atoms with Gasteiger partial charge in [0.1, 0.15) is 0 Å². The Bertz CT molecular complexity index is 701. The number of nitrogens with zero attached hydrogens (tertiary/aromatic N) is 2. The third kappa shape index (κ3) is 1.25. The molecule has 108 valence electrons. The SMILES string of the molecule is CN1C(=O)N(C)[C@@H]2C3C=CC(c4ccccc43)[C@]2(F)C1=O. The molecule has 5 heteroatoms. The highest BCUT2D eigenvalue weighted by Crippen LogP contribution is 2.55. The summed E-state index contributed by atoms with van der Waals surface area (Å²) in [4.78, 5) is 26.9. The predicted octanol–water partition coefficient (Wildman–Crippen LogP) is 2.04. The molecule has 3 amide bonds. The average molecular weight is 286 g/mol. The zero-order valence-electron chi connectivity index (χ0n) is 11.8. The van der Waals surface area contributed by atoms with Crippen molar-refractivity contribution in [2.24, 2.45) is 0 Å². The number of hydrogen-bond acceptors (Lipinski definition) is 2. The molecule has 5 rings (SSSR count). The van der Waals surface area contributed by atoms with Crippen LogP contribution in [-0.2, 0) is 4.79 Å². The fraction of sp³-hybridized carbons (Fsp3) is 0.375. The first-order valence-electron chi connectivity index (χ1n) is 6.99. The summed E-state index contributed by atoms with van der Waals surface area (Å²) in [5.41, 5.74) is -0.209. The summed E-state index contributed by atoms with van der Waals surface area (Å²) in [7, 11) is 2.91. The van der Waals surface area contributed by atoms with E-state index >= 15 is 4.39 Å². The maximum atomic E-state index is 15.8. The van der Waals surface area contributed by atoms with E-state index in [2.05, 4.69) is 0 Å². The predicted molar refractivity (Wildman–Crippen MR) is 74.6 cm³/mol. The Labute approximate surface area is 121 Å². The topological polar surface area (TPSA) is 40.6 Å². The molecule has 4 aliphatic rings. The van der Waals surface area contributed by atoms with Crippen LogP contribution in [0.2, 0.25) is 0 Å². The number of halogens is 1. The average Bonchev–Trinajstić information content (AvgIpc) is 2.51. The second-order valence-corrected chi connectivity index (χ2v) is 5.99. The molecule has 1 fully saturated rings. The van der Waals surface area contributed by atoms with Crippen molar-refractivity contribution in [3.05, 3.63) is 47.5 Å². The van der Waals surface area contributed by atoms with Gasteiger partial charge in [-0.2, -0.15) is 0 Å². The third-order valence-electron chi connectivity index (χ3n) is 5.06. The molecule has 1 aliphatic heterocycles. The van der Waals surface area contributed by atoms with Gasteiger partial charge in [-0.05, 0) is 11.1 Å². The number of hydrogen-bond donors (Lipinski definition) is 0. The lowest BCUT2D eigenvalue weighted by molar-refractivity contribution is -0.153. The van der Waals surface area contributed by atoms with Crippen LogP contribution in [0.5, 0.6) is 0 Å². The van der Waals surface area contributed by atoms with Gasteiger partial charge in [0.05, 0.1) is 6.04 Å². The monoisotopic (exact) mass is 286 g/mol. The molecule has 0 spiro atoms. The number of urea groups is 1. The van der Waals surface area contributed by atoms with Crippen LogP contribution >= 0.6 is 0 Å². The van der Waals surface area contributed by atoms with Gasteiger partial charge in [-0.3, -0.25) is 9.69 Å². The van der Waals surface area contributed by atoms with E-state index in [1.54, 1.807) is 13.1 Å². The van der Waals surface area contributed by atoms with Crippen molar-refractivity contribution in [3.63, 3.8) is 0 Å². The van der Waals surface area contributed by atoms with Gasteiger partial charge in [0, 0.05) is 25.9 Å². The first-order valence-corrected chi connectivity index (χ1v) is 6.99. The molecule has 1 aromatic carbocycles. The lowest BCUT2D eigenvalue weighted by atomic mass is 9.59. The van der Waals surface area contributed by atoms with Crippen molar-refractivity contribution in [2.45, 2.75) is 23.5 Å². The highest BCUT2D eigenvalue weighted by atomic mass is 19.1. The number of imide groups is 1. The Morgan fingerprint density at radius 2 is 1.76 bits per heavy atom. The summed E-state index contributed by atoms with van der Waals surface area (Å²) in [6.07, 6.45) is 3.71. The summed E-state index contributed by atoms with van der Waals surface area (Å²) in [5.74, 6) is -1.64. The van der Waals surface area contributed by atoms with Crippen LogP contribution in [0.25, 0.3) is 0 Å². The lowest BCUT2D eigenvalue weighted by Gasteiger charge is -2.55. The van der Waals surface area contributed by atoms with Crippen LogP contribution in [0.4, 0.5) is 9.18 Å². The Balaban J connectivity index is 1.98. The van der Waals surface area contributed by atoms with Gasteiger partial charge in [-0.15, -0.1) is 0 Å². The first kappa shape index (κ1) is 12.6. The van der Waals surface area contributed by atoms with Gasteiger partial charge in [0.25, 0.3) is 5.91 Å². The van der Waals surface area contributed by atoms with Crippen molar-refractivity contribution in [1.82, 2.24) is 9.80 Å². The lowest BCUT2D eigenvalue weighted by Crippen LogP contribution is -2.72. The van der Waals surface area contributed by atoms with E-state index in [4.69, 9.17) is 0 Å². The number of carbonyl (C=O) groups is 2. The highest BCUT2D eigenvalue weighted by Gasteiger charge is 2.66. The molecular weight excluding hydrogens is 271 g/mol. The van der Waals surface area contributed by atoms with E-state index in [1.807, 2.05) is 30.3 Å². The highest BCUT2D eigenvalue weighted by molar-refractivity contribution is 6.03. The van der Waals surface area contributed by atoms with Gasteiger partial charge in [-0.1, -0.05) is 36.4 Å². The standard InChI is InChI=1S/C16H15FN2O2/c1-18-13-11-7-8-12(10-6-4-3-5-9(10)11)16(13,17)14(20)19(2)15(18)21/h3-8,11-13H,1-2H3/t11?,12?,13-,16-/m1/s1. The van der Waals surface area contributed by atoms with E-state index in [1.165, 1.54) is 11.9 Å². The van der Waals surface area contributed by atoms with Crippen LogP contribution in [0, 0.1) is 0 Å². The molecular formula is C16H15FN2O2. The van der Waals surface area contributed by atoms with E-state index in [0.717, 1.165) is 16.0 Å². The Hall–Kier alpha value is -2.17. The molecule has 4 atom stereocenters. The molecule has 1 saturated heterocycles. The number of carbonyl (C=O) groups excluding carboxylic acids is 2. The third-order valence-corrected chi connectivity index (χ3v) is 5.06. The minimum atomic E-state index is -2.08. The Kier molecular flexibility index (Phi) is 2.23. The fourth-order valence-electron chi connectivity index (χ4n) is 4.10. The second kappa shape index (κ2) is 3.72. The van der Waals surface area contributed by atoms with Gasteiger partial charge in [0.2, 0.25) is 5.67 Å². The van der Waals surface area contributed by atoms with Crippen molar-refractivity contribution < 1.29 is 14.0 Å². The maximum absolute atomic E-state index is 15.8. The number of benzene rings is 1. The van der Waals surface area contributed by atoms with Crippen LogP contribution < -0.4 is 0 Å². The summed E-state index contributed by atoms with van der Waals surface area (Å²) in [5, 5.41) is 0. The van der Waals surface area contributed by atoms with Crippen molar-refractivity contribution in [1.29, 1.82) is 0 Å². The quantitative estimate of drug-likeness (QED) is 0.685. The molecule has 0 saturated carbocycles. The summed E-state index contributed by atoms with van der Waals surface area (Å²) >= 11 is 0. The largest absolute Gasteiger partial charge is 0.326 e. The number of rotatable bonds is 0. The number of alkyl halides is 1. The van der Waals surface area contributed by atoms with Crippen LogP contribution in [0.1, 0.15) is 23.0 Å². The Morgan fingerprint density at radius 3 is 2.48 bits per heavy atom. The molecule has 0 N–H and O–H groups in total. The normalized spacial score (nSPS) is 36.8. The zero-order valence-corrected chi connectivity index (χ0v) is 11.8. The molecule has 4 nitrogen and oxygen atoms in total. The molecule has 1 heterocycles.